The molecule has 2 aliphatic heterocycles. The Morgan fingerprint density at radius 3 is 1.07 bits per heavy atom. The summed E-state index contributed by atoms with van der Waals surface area (Å²) in [6.07, 6.45) is -1.40. The molecule has 6 aromatic rings. The maximum atomic E-state index is 14.0. The Balaban J connectivity index is 0.761. The zero-order chi connectivity index (χ0) is 37.8. The normalized spacial score (nSPS) is 19.2. The van der Waals surface area contributed by atoms with Crippen molar-refractivity contribution >= 4 is 11.0 Å². The van der Waals surface area contributed by atoms with Crippen LogP contribution in [-0.4, -0.2) is 117 Å². The Kier molecular flexibility index (Phi) is 9.45. The monoisotopic (exact) mass is 746 g/mol. The number of benzene rings is 5. The van der Waals surface area contributed by atoms with E-state index in [-0.39, 0.29) is 30.9 Å². The Morgan fingerprint density at radius 2 is 0.732 bits per heavy atom. The second-order valence-electron chi connectivity index (χ2n) is 16.1. The summed E-state index contributed by atoms with van der Waals surface area (Å²) in [7, 11) is 0. The summed E-state index contributed by atoms with van der Waals surface area (Å²) in [6, 6.07) is 43.3. The average molecular weight is 747 g/mol. The van der Waals surface area contributed by atoms with Crippen molar-refractivity contribution in [2.45, 2.75) is 37.4 Å². The molecule has 0 radical (unpaired) electrons. The van der Waals surface area contributed by atoms with Gasteiger partial charge in [0.25, 0.3) is 0 Å². The van der Waals surface area contributed by atoms with Crippen LogP contribution in [-0.2, 0) is 13.1 Å². The molecule has 0 unspecified atom stereocenters. The van der Waals surface area contributed by atoms with E-state index >= 15 is 0 Å². The Hall–Kier alpha value is -4.87. The molecule has 10 rings (SSSR count). The number of hydrogen-bond donors (Lipinski definition) is 2. The van der Waals surface area contributed by atoms with Crippen LogP contribution >= 0.6 is 0 Å². The number of para-hydroxylation sites is 2. The number of fused-ring (bicyclic) bond motifs is 7. The number of β-amino-alcohol motifs (C(OH)–C–C–N with tert-alkyl or cyclic N) is 2. The molecule has 286 valence electrons. The fourth-order valence-electron chi connectivity index (χ4n) is 10.2. The summed E-state index contributed by atoms with van der Waals surface area (Å²) in [5.74, 6) is 0. The minimum atomic E-state index is -0.702. The van der Waals surface area contributed by atoms with Gasteiger partial charge in [0, 0.05) is 65.4 Å². The molecule has 4 aliphatic rings. The van der Waals surface area contributed by atoms with E-state index in [0.29, 0.717) is 13.1 Å². The number of rotatable bonds is 10. The van der Waals surface area contributed by atoms with Gasteiger partial charge in [0.15, 0.2) is 0 Å². The number of aromatic nitrogens is 2. The molecule has 9 heteroatoms. The predicted octanol–water partition coefficient (Wildman–Crippen LogP) is 5.30. The number of aliphatic hydroxyl groups excluding tert-OH is 2. The Morgan fingerprint density at radius 1 is 0.429 bits per heavy atom. The minimum Gasteiger partial charge on any atom is -0.390 e. The van der Waals surface area contributed by atoms with Crippen molar-refractivity contribution in [3.05, 3.63) is 154 Å². The van der Waals surface area contributed by atoms with Crippen LogP contribution in [0.5, 0.6) is 0 Å². The number of imidazole rings is 1. The molecule has 3 heterocycles. The maximum absolute atomic E-state index is 14.0. The van der Waals surface area contributed by atoms with Gasteiger partial charge in [-0.2, -0.15) is 0 Å². The van der Waals surface area contributed by atoms with Gasteiger partial charge in [-0.3, -0.25) is 28.7 Å². The highest BCUT2D eigenvalue weighted by Gasteiger charge is 2.36. The number of hydrogen-bond acceptors (Lipinski definition) is 7. The molecule has 2 fully saturated rings. The zero-order valence-corrected chi connectivity index (χ0v) is 31.8. The third-order valence-corrected chi connectivity index (χ3v) is 12.8. The SMILES string of the molecule is O=c1n(C[C@H](O)CN2CCN(C3c4ccccc4-c4ccccc43)CC2)c2ccccc2n1C[C@@H](O)CN1CCN(C2c3ccccc3-c3ccccc32)CC1. The van der Waals surface area contributed by atoms with E-state index in [1.807, 2.05) is 24.3 Å². The Labute approximate surface area is 328 Å². The van der Waals surface area contributed by atoms with Gasteiger partial charge in [0.1, 0.15) is 0 Å². The molecule has 0 amide bonds. The number of nitrogens with zero attached hydrogens (tertiary/aromatic N) is 6. The lowest BCUT2D eigenvalue weighted by molar-refractivity contribution is 0.0541. The van der Waals surface area contributed by atoms with Gasteiger partial charge in [-0.1, -0.05) is 109 Å². The van der Waals surface area contributed by atoms with Crippen LogP contribution in [0.1, 0.15) is 34.3 Å². The lowest BCUT2D eigenvalue weighted by Crippen LogP contribution is -2.50. The second-order valence-corrected chi connectivity index (χ2v) is 16.1. The van der Waals surface area contributed by atoms with Gasteiger partial charge in [0.2, 0.25) is 0 Å². The first-order valence-electron chi connectivity index (χ1n) is 20.4. The lowest BCUT2D eigenvalue weighted by atomic mass is 10.0. The van der Waals surface area contributed by atoms with Crippen molar-refractivity contribution in [1.82, 2.24) is 28.7 Å². The van der Waals surface area contributed by atoms with E-state index in [2.05, 4.69) is 117 Å². The van der Waals surface area contributed by atoms with Gasteiger partial charge < -0.3 is 10.2 Å². The first-order chi connectivity index (χ1) is 27.5. The van der Waals surface area contributed by atoms with Crippen LogP contribution in [0, 0.1) is 0 Å². The van der Waals surface area contributed by atoms with Gasteiger partial charge >= 0.3 is 5.69 Å². The number of aliphatic hydroxyl groups is 2. The third kappa shape index (κ3) is 6.33. The van der Waals surface area contributed by atoms with Crippen LogP contribution in [0.15, 0.2) is 126 Å². The van der Waals surface area contributed by atoms with Crippen molar-refractivity contribution < 1.29 is 10.2 Å². The molecule has 0 spiro atoms. The van der Waals surface area contributed by atoms with E-state index in [4.69, 9.17) is 0 Å². The highest BCUT2D eigenvalue weighted by molar-refractivity contribution is 5.79. The molecular weight excluding hydrogens is 697 g/mol. The third-order valence-electron chi connectivity index (χ3n) is 12.8. The fourth-order valence-corrected chi connectivity index (χ4v) is 10.2. The second kappa shape index (κ2) is 14.9. The van der Waals surface area contributed by atoms with Crippen molar-refractivity contribution in [2.75, 3.05) is 65.4 Å². The van der Waals surface area contributed by atoms with E-state index < -0.39 is 12.2 Å². The first-order valence-corrected chi connectivity index (χ1v) is 20.4. The van der Waals surface area contributed by atoms with Gasteiger partial charge in [-0.15, -0.1) is 0 Å². The molecule has 5 aromatic carbocycles. The van der Waals surface area contributed by atoms with E-state index in [0.717, 1.165) is 63.4 Å². The van der Waals surface area contributed by atoms with E-state index in [1.165, 1.54) is 44.5 Å². The molecule has 0 saturated carbocycles. The average Bonchev–Trinajstić information content (AvgIpc) is 3.84. The lowest BCUT2D eigenvalue weighted by Gasteiger charge is -2.39. The summed E-state index contributed by atoms with van der Waals surface area (Å²) in [4.78, 5) is 23.8. The van der Waals surface area contributed by atoms with Crippen LogP contribution in [0.25, 0.3) is 33.3 Å². The maximum Gasteiger partial charge on any atom is 0.329 e. The quantitative estimate of drug-likeness (QED) is 0.197. The highest BCUT2D eigenvalue weighted by atomic mass is 16.3. The molecule has 2 atom stereocenters. The van der Waals surface area contributed by atoms with Gasteiger partial charge in [0.05, 0.1) is 48.4 Å². The fraction of sp³-hybridized carbons (Fsp3) is 0.340. The smallest absolute Gasteiger partial charge is 0.329 e. The minimum absolute atomic E-state index is 0.184. The molecule has 9 nitrogen and oxygen atoms in total. The van der Waals surface area contributed by atoms with Crippen LogP contribution in [0.2, 0.25) is 0 Å². The molecule has 0 bridgehead atoms. The summed E-state index contributed by atoms with van der Waals surface area (Å²) in [5, 5.41) is 22.8. The summed E-state index contributed by atoms with van der Waals surface area (Å²) >= 11 is 0. The predicted molar refractivity (Wildman–Crippen MR) is 222 cm³/mol. The van der Waals surface area contributed by atoms with Gasteiger partial charge in [-0.05, 0) is 56.6 Å². The largest absolute Gasteiger partial charge is 0.390 e. The van der Waals surface area contributed by atoms with Crippen LogP contribution in [0.3, 0.4) is 0 Å². The molecule has 1 aromatic heterocycles. The van der Waals surface area contributed by atoms with Crippen molar-refractivity contribution in [3.63, 3.8) is 0 Å². The molecular formula is C47H50N6O3. The summed E-state index contributed by atoms with van der Waals surface area (Å²) in [5.41, 5.74) is 12.2. The zero-order valence-electron chi connectivity index (χ0n) is 31.8. The molecule has 56 heavy (non-hydrogen) atoms. The standard InChI is InChI=1S/C47H50N6O3/c54-33(29-48-21-25-50(26-22-48)45-39-15-5-1-11-35(39)36-12-2-6-16-40(36)45)31-52-43-19-9-10-20-44(43)53(47(52)56)32-34(55)30-49-23-27-51(28-24-49)46-41-17-7-3-13-37(41)38-14-4-8-18-42(38)46/h1-20,33-34,45-46,54-55H,21-32H2/t33-,34+. The molecule has 2 N–H and O–H groups in total. The van der Waals surface area contributed by atoms with Crippen molar-refractivity contribution in [3.8, 4) is 22.3 Å². The van der Waals surface area contributed by atoms with Gasteiger partial charge in [-0.25, -0.2) is 4.79 Å². The molecule has 2 saturated heterocycles. The highest BCUT2D eigenvalue weighted by Crippen LogP contribution is 2.47. The topological polar surface area (TPSA) is 80.3 Å². The summed E-state index contributed by atoms with van der Waals surface area (Å²) in [6.45, 7) is 8.50. The van der Waals surface area contributed by atoms with E-state index in [9.17, 15) is 15.0 Å². The van der Waals surface area contributed by atoms with E-state index in [1.54, 1.807) is 9.13 Å². The first kappa shape index (κ1) is 35.5. The number of piperazine rings is 2. The molecule has 2 aliphatic carbocycles. The van der Waals surface area contributed by atoms with Crippen molar-refractivity contribution in [1.29, 1.82) is 0 Å². The summed E-state index contributed by atoms with van der Waals surface area (Å²) < 4.78 is 3.40. The van der Waals surface area contributed by atoms with Crippen LogP contribution < -0.4 is 5.69 Å². The Bertz CT molecular complexity index is 2170. The van der Waals surface area contributed by atoms with Crippen molar-refractivity contribution in [2.24, 2.45) is 0 Å². The van der Waals surface area contributed by atoms with Crippen LogP contribution in [0.4, 0.5) is 0 Å².